The average molecular weight is 284 g/mol. The van der Waals surface area contributed by atoms with Crippen molar-refractivity contribution >= 4 is 23.5 Å². The minimum atomic E-state index is 0.305. The van der Waals surface area contributed by atoms with E-state index in [2.05, 4.69) is 11.5 Å². The molecule has 1 aliphatic heterocycles. The van der Waals surface area contributed by atoms with Gasteiger partial charge in [0.1, 0.15) is 5.75 Å². The van der Waals surface area contributed by atoms with Gasteiger partial charge in [-0.25, -0.2) is 0 Å². The molecule has 0 saturated carbocycles. The molecule has 2 unspecified atom stereocenters. The number of ether oxygens (including phenoxy) is 1. The number of hydrogen-bond donors (Lipinski definition) is 2. The Labute approximate surface area is 117 Å². The van der Waals surface area contributed by atoms with Gasteiger partial charge in [0, 0.05) is 28.6 Å². The number of hydrogen-bond acceptors (Lipinski definition) is 5. The molecule has 0 aromatic heterocycles. The van der Waals surface area contributed by atoms with Gasteiger partial charge in [0.2, 0.25) is 0 Å². The molecule has 5 heteroatoms. The van der Waals surface area contributed by atoms with E-state index in [9.17, 15) is 0 Å². The summed E-state index contributed by atoms with van der Waals surface area (Å²) in [6, 6.07) is 8.47. The molecule has 3 N–H and O–H groups in total. The molecule has 1 aromatic carbocycles. The maximum atomic E-state index is 5.73. The SMILES string of the molecule is COc1ccccc1CC(NN)C1CSCCS1. The van der Waals surface area contributed by atoms with Crippen LogP contribution < -0.4 is 16.0 Å². The standard InChI is InChI=1S/C13H20N2OS2/c1-16-12-5-3-2-4-10(12)8-11(15-14)13-9-17-6-7-18-13/h2-5,11,13,15H,6-9,14H2,1H3. The second-order valence-corrected chi connectivity index (χ2v) is 6.77. The van der Waals surface area contributed by atoms with Gasteiger partial charge in [-0.15, -0.1) is 0 Å². The Morgan fingerprint density at radius 1 is 1.44 bits per heavy atom. The van der Waals surface area contributed by atoms with Crippen LogP contribution in [-0.4, -0.2) is 35.7 Å². The van der Waals surface area contributed by atoms with Crippen LogP contribution in [0.4, 0.5) is 0 Å². The molecule has 1 saturated heterocycles. The molecule has 1 aromatic rings. The first-order chi connectivity index (χ1) is 8.85. The Morgan fingerprint density at radius 2 is 2.28 bits per heavy atom. The van der Waals surface area contributed by atoms with Gasteiger partial charge in [-0.1, -0.05) is 18.2 Å². The van der Waals surface area contributed by atoms with Crippen LogP contribution in [0.1, 0.15) is 5.56 Å². The molecule has 0 radical (unpaired) electrons. The summed E-state index contributed by atoms with van der Waals surface area (Å²) < 4.78 is 5.40. The number of thioether (sulfide) groups is 2. The van der Waals surface area contributed by atoms with E-state index in [1.165, 1.54) is 22.8 Å². The Bertz CT molecular complexity index is 370. The Hall–Kier alpha value is -0.360. The average Bonchev–Trinajstić information content (AvgIpc) is 2.46. The minimum Gasteiger partial charge on any atom is -0.496 e. The molecule has 3 nitrogen and oxygen atoms in total. The summed E-state index contributed by atoms with van der Waals surface area (Å²) in [5.41, 5.74) is 4.20. The highest BCUT2D eigenvalue weighted by atomic mass is 32.2. The van der Waals surface area contributed by atoms with Crippen molar-refractivity contribution in [3.63, 3.8) is 0 Å². The minimum absolute atomic E-state index is 0.305. The third-order valence-electron chi connectivity index (χ3n) is 3.14. The van der Waals surface area contributed by atoms with Crippen molar-refractivity contribution in [3.05, 3.63) is 29.8 Å². The largest absolute Gasteiger partial charge is 0.496 e. The number of rotatable bonds is 5. The zero-order valence-corrected chi connectivity index (χ0v) is 12.2. The lowest BCUT2D eigenvalue weighted by atomic mass is 10.0. The number of nitrogens with two attached hydrogens (primary N) is 1. The maximum absolute atomic E-state index is 5.73. The van der Waals surface area contributed by atoms with E-state index in [0.29, 0.717) is 11.3 Å². The first-order valence-corrected chi connectivity index (χ1v) is 8.33. The lowest BCUT2D eigenvalue weighted by molar-refractivity contribution is 0.405. The Morgan fingerprint density at radius 3 is 2.94 bits per heavy atom. The van der Waals surface area contributed by atoms with Crippen LogP contribution in [0, 0.1) is 0 Å². The predicted molar refractivity (Wildman–Crippen MR) is 81.4 cm³/mol. The number of para-hydroxylation sites is 1. The topological polar surface area (TPSA) is 47.3 Å². The molecule has 1 fully saturated rings. The van der Waals surface area contributed by atoms with Gasteiger partial charge < -0.3 is 4.74 Å². The van der Waals surface area contributed by atoms with Gasteiger partial charge in [-0.3, -0.25) is 11.3 Å². The molecule has 1 heterocycles. The smallest absolute Gasteiger partial charge is 0.122 e. The third-order valence-corrected chi connectivity index (χ3v) is 6.06. The molecule has 100 valence electrons. The zero-order chi connectivity index (χ0) is 12.8. The van der Waals surface area contributed by atoms with Crippen molar-refractivity contribution in [2.24, 2.45) is 5.84 Å². The first kappa shape index (κ1) is 14.1. The van der Waals surface area contributed by atoms with Crippen molar-refractivity contribution < 1.29 is 4.74 Å². The summed E-state index contributed by atoms with van der Waals surface area (Å²) in [6.45, 7) is 0. The molecular formula is C13H20N2OS2. The Kier molecular flexibility index (Phi) is 5.69. The number of methoxy groups -OCH3 is 1. The summed E-state index contributed by atoms with van der Waals surface area (Å²) in [5.74, 6) is 10.3. The fraction of sp³-hybridized carbons (Fsp3) is 0.538. The van der Waals surface area contributed by atoms with Gasteiger partial charge in [0.05, 0.1) is 7.11 Å². The van der Waals surface area contributed by atoms with Gasteiger partial charge in [-0.2, -0.15) is 23.5 Å². The first-order valence-electron chi connectivity index (χ1n) is 6.12. The van der Waals surface area contributed by atoms with E-state index in [1.54, 1.807) is 7.11 Å². The molecule has 0 bridgehead atoms. The van der Waals surface area contributed by atoms with E-state index in [4.69, 9.17) is 10.6 Å². The summed E-state index contributed by atoms with van der Waals surface area (Å²) in [6.07, 6.45) is 0.915. The lowest BCUT2D eigenvalue weighted by Gasteiger charge is -2.29. The molecule has 1 aliphatic rings. The van der Waals surface area contributed by atoms with Crippen LogP contribution in [-0.2, 0) is 6.42 Å². The van der Waals surface area contributed by atoms with E-state index in [-0.39, 0.29) is 0 Å². The summed E-state index contributed by atoms with van der Waals surface area (Å²) in [5, 5.41) is 0.582. The summed E-state index contributed by atoms with van der Waals surface area (Å²) in [4.78, 5) is 0. The van der Waals surface area contributed by atoms with Crippen molar-refractivity contribution in [2.45, 2.75) is 17.7 Å². The second kappa shape index (κ2) is 7.28. The van der Waals surface area contributed by atoms with Crippen molar-refractivity contribution in [3.8, 4) is 5.75 Å². The fourth-order valence-electron chi connectivity index (χ4n) is 2.14. The number of hydrazine groups is 1. The fourth-order valence-corrected chi connectivity index (χ4v) is 5.02. The lowest BCUT2D eigenvalue weighted by Crippen LogP contribution is -2.46. The van der Waals surface area contributed by atoms with E-state index < -0.39 is 0 Å². The molecular weight excluding hydrogens is 264 g/mol. The van der Waals surface area contributed by atoms with Crippen LogP contribution in [0.15, 0.2) is 24.3 Å². The molecule has 0 spiro atoms. The normalized spacial score (nSPS) is 21.6. The van der Waals surface area contributed by atoms with E-state index in [0.717, 1.165) is 12.2 Å². The highest BCUT2D eigenvalue weighted by Crippen LogP contribution is 2.29. The predicted octanol–water partition coefficient (Wildman–Crippen LogP) is 1.92. The van der Waals surface area contributed by atoms with Crippen LogP contribution in [0.25, 0.3) is 0 Å². The monoisotopic (exact) mass is 284 g/mol. The van der Waals surface area contributed by atoms with Crippen molar-refractivity contribution in [1.29, 1.82) is 0 Å². The molecule has 2 rings (SSSR count). The third kappa shape index (κ3) is 3.57. The number of benzene rings is 1. The van der Waals surface area contributed by atoms with Gasteiger partial charge in [0.15, 0.2) is 0 Å². The van der Waals surface area contributed by atoms with Crippen molar-refractivity contribution in [1.82, 2.24) is 5.43 Å². The highest BCUT2D eigenvalue weighted by Gasteiger charge is 2.24. The molecule has 0 amide bonds. The number of nitrogens with one attached hydrogen (secondary N) is 1. The van der Waals surface area contributed by atoms with Gasteiger partial charge >= 0.3 is 0 Å². The molecule has 0 aliphatic carbocycles. The second-order valence-electron chi connectivity index (χ2n) is 4.27. The molecule has 18 heavy (non-hydrogen) atoms. The van der Waals surface area contributed by atoms with Gasteiger partial charge in [-0.05, 0) is 18.1 Å². The summed E-state index contributed by atoms with van der Waals surface area (Å²) >= 11 is 4.04. The van der Waals surface area contributed by atoms with E-state index in [1.807, 2.05) is 41.7 Å². The van der Waals surface area contributed by atoms with Crippen LogP contribution >= 0.6 is 23.5 Å². The van der Waals surface area contributed by atoms with Crippen LogP contribution in [0.2, 0.25) is 0 Å². The highest BCUT2D eigenvalue weighted by molar-refractivity contribution is 8.06. The Balaban J connectivity index is 2.04. The summed E-state index contributed by atoms with van der Waals surface area (Å²) in [7, 11) is 1.72. The van der Waals surface area contributed by atoms with E-state index >= 15 is 0 Å². The quantitative estimate of drug-likeness (QED) is 0.639. The zero-order valence-electron chi connectivity index (χ0n) is 10.6. The van der Waals surface area contributed by atoms with Crippen molar-refractivity contribution in [2.75, 3.05) is 24.4 Å². The van der Waals surface area contributed by atoms with Gasteiger partial charge in [0.25, 0.3) is 0 Å². The van der Waals surface area contributed by atoms with Crippen LogP contribution in [0.3, 0.4) is 0 Å². The molecule has 2 atom stereocenters. The van der Waals surface area contributed by atoms with Crippen LogP contribution in [0.5, 0.6) is 5.75 Å². The maximum Gasteiger partial charge on any atom is 0.122 e.